The van der Waals surface area contributed by atoms with Gasteiger partial charge < -0.3 is 25.0 Å². The number of hydrogen-bond acceptors (Lipinski definition) is 5. The van der Waals surface area contributed by atoms with E-state index in [2.05, 4.69) is 10.6 Å². The lowest BCUT2D eigenvalue weighted by molar-refractivity contribution is -0.132. The summed E-state index contributed by atoms with van der Waals surface area (Å²) in [5.74, 6) is 0.594. The molecule has 3 amide bonds. The molecule has 1 aromatic carbocycles. The van der Waals surface area contributed by atoms with Crippen LogP contribution in [-0.2, 0) is 14.3 Å². The number of alkyl carbamates (subject to hydrolysis) is 1. The molecule has 32 heavy (non-hydrogen) atoms. The van der Waals surface area contributed by atoms with E-state index in [-0.39, 0.29) is 37.4 Å². The van der Waals surface area contributed by atoms with Gasteiger partial charge in [0.2, 0.25) is 5.91 Å². The quantitative estimate of drug-likeness (QED) is 0.670. The van der Waals surface area contributed by atoms with Gasteiger partial charge in [0.05, 0.1) is 0 Å². The molecule has 1 aromatic rings. The number of piperidine rings is 1. The second-order valence-electron chi connectivity index (χ2n) is 9.34. The highest BCUT2D eigenvalue weighted by Crippen LogP contribution is 2.25. The highest BCUT2D eigenvalue weighted by Gasteiger charge is 2.24. The minimum absolute atomic E-state index is 0.0143. The minimum Gasteiger partial charge on any atom is -0.483 e. The molecule has 1 heterocycles. The lowest BCUT2D eigenvalue weighted by Gasteiger charge is -2.32. The average molecular weight is 448 g/mol. The smallest absolute Gasteiger partial charge is 0.407 e. The van der Waals surface area contributed by atoms with Crippen LogP contribution >= 0.6 is 0 Å². The molecule has 2 N–H and O–H groups in total. The van der Waals surface area contributed by atoms with Gasteiger partial charge in [-0.25, -0.2) is 4.79 Å². The van der Waals surface area contributed by atoms with Crippen molar-refractivity contribution in [3.63, 3.8) is 0 Å². The predicted octanol–water partition coefficient (Wildman–Crippen LogP) is 3.01. The van der Waals surface area contributed by atoms with Gasteiger partial charge in [-0.1, -0.05) is 12.1 Å². The van der Waals surface area contributed by atoms with E-state index in [1.807, 2.05) is 32.9 Å². The number of nitrogens with one attached hydrogen (secondary N) is 2. The third-order valence-corrected chi connectivity index (χ3v) is 5.44. The maximum atomic E-state index is 12.4. The van der Waals surface area contributed by atoms with Gasteiger partial charge in [0.1, 0.15) is 11.4 Å². The molecule has 178 valence electrons. The first-order valence-corrected chi connectivity index (χ1v) is 11.2. The molecule has 0 saturated carbocycles. The Labute approximate surface area is 191 Å². The Kier molecular flexibility index (Phi) is 8.92. The topological polar surface area (TPSA) is 97.0 Å². The number of ether oxygens (including phenoxy) is 2. The summed E-state index contributed by atoms with van der Waals surface area (Å²) in [5, 5.41) is 5.61. The molecule has 0 bridgehead atoms. The molecule has 0 unspecified atom stereocenters. The number of aryl methyl sites for hydroxylation is 2. The Bertz CT molecular complexity index is 824. The normalized spacial score (nSPS) is 14.6. The molecule has 0 aliphatic carbocycles. The van der Waals surface area contributed by atoms with Crippen LogP contribution < -0.4 is 15.4 Å². The van der Waals surface area contributed by atoms with E-state index in [1.54, 1.807) is 25.7 Å². The van der Waals surface area contributed by atoms with Gasteiger partial charge in [-0.05, 0) is 71.1 Å². The number of rotatable bonds is 7. The zero-order valence-corrected chi connectivity index (χ0v) is 20.2. The van der Waals surface area contributed by atoms with E-state index in [9.17, 15) is 14.4 Å². The summed E-state index contributed by atoms with van der Waals surface area (Å²) in [4.78, 5) is 38.1. The maximum Gasteiger partial charge on any atom is 0.407 e. The fourth-order valence-electron chi connectivity index (χ4n) is 3.57. The molecule has 0 atom stereocenters. The Morgan fingerprint density at radius 2 is 1.69 bits per heavy atom. The third kappa shape index (κ3) is 8.05. The van der Waals surface area contributed by atoms with Crippen molar-refractivity contribution in [3.05, 3.63) is 28.8 Å². The summed E-state index contributed by atoms with van der Waals surface area (Å²) in [7, 11) is 0. The van der Waals surface area contributed by atoms with Gasteiger partial charge in [-0.15, -0.1) is 0 Å². The Morgan fingerprint density at radius 1 is 1.06 bits per heavy atom. The maximum absolute atomic E-state index is 12.4. The Hall–Kier alpha value is -2.77. The van der Waals surface area contributed by atoms with Crippen molar-refractivity contribution in [3.8, 4) is 5.75 Å². The van der Waals surface area contributed by atoms with Gasteiger partial charge in [0.25, 0.3) is 5.91 Å². The van der Waals surface area contributed by atoms with Crippen LogP contribution in [0.1, 0.15) is 56.7 Å². The molecule has 1 aliphatic rings. The van der Waals surface area contributed by atoms with E-state index in [1.165, 1.54) is 0 Å². The Balaban J connectivity index is 1.68. The van der Waals surface area contributed by atoms with E-state index in [0.717, 1.165) is 22.4 Å². The van der Waals surface area contributed by atoms with E-state index in [0.29, 0.717) is 25.9 Å². The molecule has 0 aromatic heterocycles. The monoisotopic (exact) mass is 447 g/mol. The van der Waals surface area contributed by atoms with Gasteiger partial charge in [0.15, 0.2) is 6.61 Å². The van der Waals surface area contributed by atoms with Crippen molar-refractivity contribution in [2.75, 3.05) is 26.2 Å². The van der Waals surface area contributed by atoms with Crippen LogP contribution in [0.5, 0.6) is 5.75 Å². The van der Waals surface area contributed by atoms with Crippen LogP contribution in [0.15, 0.2) is 12.1 Å². The van der Waals surface area contributed by atoms with Gasteiger partial charge in [-0.2, -0.15) is 0 Å². The standard InChI is InChI=1S/C24H37N3O5/c1-16-7-8-17(2)22(18(16)3)31-15-20(28)26-19-10-13-27(14-11-19)21(29)9-12-25-23(30)32-24(4,5)6/h7-8,19H,9-15H2,1-6H3,(H,25,30)(H,26,28). The van der Waals surface area contributed by atoms with Crippen molar-refractivity contribution < 1.29 is 23.9 Å². The second-order valence-corrected chi connectivity index (χ2v) is 9.34. The third-order valence-electron chi connectivity index (χ3n) is 5.44. The summed E-state index contributed by atoms with van der Waals surface area (Å²) in [6.07, 6.45) is 1.09. The largest absolute Gasteiger partial charge is 0.483 e. The number of hydrogen-bond donors (Lipinski definition) is 2. The number of carbonyl (C=O) groups excluding carboxylic acids is 3. The number of nitrogens with zero attached hydrogens (tertiary/aromatic N) is 1. The lowest BCUT2D eigenvalue weighted by Crippen LogP contribution is -2.48. The molecule has 1 saturated heterocycles. The number of amides is 3. The first kappa shape index (κ1) is 25.5. The van der Waals surface area contributed by atoms with Crippen molar-refractivity contribution >= 4 is 17.9 Å². The van der Waals surface area contributed by atoms with Gasteiger partial charge in [0, 0.05) is 32.1 Å². The molecular formula is C24H37N3O5. The van der Waals surface area contributed by atoms with Gasteiger partial charge in [-0.3, -0.25) is 9.59 Å². The molecule has 8 nitrogen and oxygen atoms in total. The predicted molar refractivity (Wildman–Crippen MR) is 123 cm³/mol. The molecular weight excluding hydrogens is 410 g/mol. The fourth-order valence-corrected chi connectivity index (χ4v) is 3.57. The minimum atomic E-state index is -0.566. The summed E-state index contributed by atoms with van der Waals surface area (Å²) in [6.45, 7) is 12.7. The number of likely N-dealkylation sites (tertiary alicyclic amines) is 1. The number of carbonyl (C=O) groups is 3. The first-order valence-electron chi connectivity index (χ1n) is 11.2. The fraction of sp³-hybridized carbons (Fsp3) is 0.625. The van der Waals surface area contributed by atoms with Crippen molar-refractivity contribution in [2.45, 2.75) is 72.4 Å². The van der Waals surface area contributed by atoms with E-state index < -0.39 is 11.7 Å². The molecule has 0 radical (unpaired) electrons. The summed E-state index contributed by atoms with van der Waals surface area (Å²) in [5.41, 5.74) is 2.62. The molecule has 1 fully saturated rings. The highest BCUT2D eigenvalue weighted by atomic mass is 16.6. The van der Waals surface area contributed by atoms with Crippen molar-refractivity contribution in [2.24, 2.45) is 0 Å². The van der Waals surface area contributed by atoms with E-state index >= 15 is 0 Å². The SMILES string of the molecule is Cc1ccc(C)c(OCC(=O)NC2CCN(C(=O)CCNC(=O)OC(C)(C)C)CC2)c1C. The van der Waals surface area contributed by atoms with Crippen molar-refractivity contribution in [1.29, 1.82) is 0 Å². The van der Waals surface area contributed by atoms with Crippen LogP contribution in [0.2, 0.25) is 0 Å². The first-order chi connectivity index (χ1) is 15.0. The average Bonchev–Trinajstić information content (AvgIpc) is 2.70. The summed E-state index contributed by atoms with van der Waals surface area (Å²) < 4.78 is 10.9. The van der Waals surface area contributed by atoms with Crippen LogP contribution in [-0.4, -0.2) is 60.7 Å². The number of benzene rings is 1. The van der Waals surface area contributed by atoms with Crippen LogP contribution in [0.3, 0.4) is 0 Å². The highest BCUT2D eigenvalue weighted by molar-refractivity contribution is 5.78. The molecule has 0 spiro atoms. The van der Waals surface area contributed by atoms with Crippen LogP contribution in [0, 0.1) is 20.8 Å². The second kappa shape index (κ2) is 11.2. The van der Waals surface area contributed by atoms with Crippen LogP contribution in [0.25, 0.3) is 0 Å². The van der Waals surface area contributed by atoms with Crippen molar-refractivity contribution in [1.82, 2.24) is 15.5 Å². The van der Waals surface area contributed by atoms with E-state index in [4.69, 9.17) is 9.47 Å². The molecule has 8 heteroatoms. The van der Waals surface area contributed by atoms with Gasteiger partial charge >= 0.3 is 6.09 Å². The zero-order chi connectivity index (χ0) is 23.9. The molecule has 1 aliphatic heterocycles. The zero-order valence-electron chi connectivity index (χ0n) is 20.2. The molecule has 2 rings (SSSR count). The summed E-state index contributed by atoms with van der Waals surface area (Å²) in [6, 6.07) is 4.06. The lowest BCUT2D eigenvalue weighted by atomic mass is 10.0. The van der Waals surface area contributed by atoms with Crippen LogP contribution in [0.4, 0.5) is 4.79 Å². The Morgan fingerprint density at radius 3 is 2.31 bits per heavy atom. The summed E-state index contributed by atoms with van der Waals surface area (Å²) >= 11 is 0.